The third kappa shape index (κ3) is 5.06. The number of hydrogen-bond acceptors (Lipinski definition) is 6. The van der Waals surface area contributed by atoms with E-state index >= 15 is 0 Å². The molecule has 0 saturated carbocycles. The molecule has 150 valence electrons. The Morgan fingerprint density at radius 3 is 2.52 bits per heavy atom. The summed E-state index contributed by atoms with van der Waals surface area (Å²) in [5.74, 6) is 0.621. The number of nitrogens with zero attached hydrogens (tertiary/aromatic N) is 4. The maximum atomic E-state index is 12.2. The number of ether oxygens (including phenoxy) is 1. The first-order chi connectivity index (χ1) is 13.9. The lowest BCUT2D eigenvalue weighted by Crippen LogP contribution is -2.26. The molecule has 0 aliphatic heterocycles. The van der Waals surface area contributed by atoms with Gasteiger partial charge in [0.2, 0.25) is 5.95 Å². The summed E-state index contributed by atoms with van der Waals surface area (Å²) in [4.78, 5) is 26.0. The van der Waals surface area contributed by atoms with Crippen LogP contribution in [-0.2, 0) is 0 Å². The molecule has 0 spiro atoms. The Hall–Kier alpha value is -2.61. The van der Waals surface area contributed by atoms with E-state index in [1.165, 1.54) is 11.1 Å². The number of pyridine rings is 1. The molecule has 0 radical (unpaired) electrons. The number of nitrogens with one attached hydrogen (secondary N) is 1. The number of aromatic nitrogens is 3. The van der Waals surface area contributed by atoms with E-state index < -0.39 is 12.1 Å². The maximum Gasteiger partial charge on any atom is 0.414 e. The van der Waals surface area contributed by atoms with Crippen molar-refractivity contribution in [3.05, 3.63) is 75.2 Å². The van der Waals surface area contributed by atoms with Crippen molar-refractivity contribution in [2.24, 2.45) is 0 Å². The molecule has 3 rings (SSSR count). The van der Waals surface area contributed by atoms with Gasteiger partial charge in [0.15, 0.2) is 0 Å². The highest BCUT2D eigenvalue weighted by atomic mass is 35.5. The van der Waals surface area contributed by atoms with Crippen LogP contribution in [-0.4, -0.2) is 40.0 Å². The van der Waals surface area contributed by atoms with E-state index in [0.717, 1.165) is 0 Å². The molecule has 1 aromatic carbocycles. The molecule has 0 fully saturated rings. The minimum absolute atomic E-state index is 0.277. The Balaban J connectivity index is 2.14. The third-order valence-electron chi connectivity index (χ3n) is 3.86. The molecule has 1 unspecified atom stereocenters. The molecule has 0 saturated heterocycles. The topological polar surface area (TPSA) is 80.2 Å². The van der Waals surface area contributed by atoms with Crippen LogP contribution < -0.4 is 10.1 Å². The highest BCUT2D eigenvalue weighted by Crippen LogP contribution is 2.39. The minimum Gasteiger partial charge on any atom is -0.410 e. The maximum absolute atomic E-state index is 12.2. The molecule has 2 aromatic heterocycles. The standard InChI is InChI=1S/C19H16Cl3N5O2/c1-27(2)19(28)29-15-5-4-11(20)8-12(15)17(26-18-24-6-3-7-25-18)13-9-23-10-14(21)16(13)22/h3-10,17H,1-2H3,(H,24,25,26). The first kappa shape index (κ1) is 21.1. The first-order valence-electron chi connectivity index (χ1n) is 8.38. The zero-order chi connectivity index (χ0) is 21.0. The van der Waals surface area contributed by atoms with Gasteiger partial charge in [-0.3, -0.25) is 4.98 Å². The predicted molar refractivity (Wildman–Crippen MR) is 113 cm³/mol. The van der Waals surface area contributed by atoms with Gasteiger partial charge in [0.1, 0.15) is 5.75 Å². The van der Waals surface area contributed by atoms with Crippen LogP contribution in [0.5, 0.6) is 5.75 Å². The van der Waals surface area contributed by atoms with Crippen molar-refractivity contribution in [2.45, 2.75) is 6.04 Å². The fourth-order valence-corrected chi connectivity index (χ4v) is 3.04. The number of halogens is 3. The van der Waals surface area contributed by atoms with E-state index in [0.29, 0.717) is 27.1 Å². The number of benzene rings is 1. The van der Waals surface area contributed by atoms with Crippen molar-refractivity contribution in [3.63, 3.8) is 0 Å². The van der Waals surface area contributed by atoms with Crippen molar-refractivity contribution in [1.29, 1.82) is 0 Å². The van der Waals surface area contributed by atoms with Crippen LogP contribution in [0.25, 0.3) is 0 Å². The molecule has 29 heavy (non-hydrogen) atoms. The number of rotatable bonds is 5. The second-order valence-electron chi connectivity index (χ2n) is 6.12. The monoisotopic (exact) mass is 451 g/mol. The van der Waals surface area contributed by atoms with Crippen LogP contribution >= 0.6 is 34.8 Å². The number of anilines is 1. The lowest BCUT2D eigenvalue weighted by atomic mass is 9.99. The Morgan fingerprint density at radius 1 is 1.10 bits per heavy atom. The molecule has 0 bridgehead atoms. The number of carbonyl (C=O) groups excluding carboxylic acids is 1. The summed E-state index contributed by atoms with van der Waals surface area (Å²) in [6, 6.07) is 5.93. The van der Waals surface area contributed by atoms with Crippen LogP contribution in [0.15, 0.2) is 49.1 Å². The highest BCUT2D eigenvalue weighted by molar-refractivity contribution is 6.42. The molecular formula is C19H16Cl3N5O2. The normalized spacial score (nSPS) is 11.6. The predicted octanol–water partition coefficient (Wildman–Crippen LogP) is 5.09. The first-order valence-corrected chi connectivity index (χ1v) is 9.51. The fourth-order valence-electron chi connectivity index (χ4n) is 2.48. The SMILES string of the molecule is CN(C)C(=O)Oc1ccc(Cl)cc1C(Nc1ncccn1)c1cncc(Cl)c1Cl. The van der Waals surface area contributed by atoms with Crippen LogP contribution in [0.1, 0.15) is 17.2 Å². The van der Waals surface area contributed by atoms with Gasteiger partial charge in [-0.25, -0.2) is 14.8 Å². The van der Waals surface area contributed by atoms with Crippen molar-refractivity contribution in [3.8, 4) is 5.75 Å². The van der Waals surface area contributed by atoms with Crippen molar-refractivity contribution < 1.29 is 9.53 Å². The molecule has 7 nitrogen and oxygen atoms in total. The average Bonchev–Trinajstić information content (AvgIpc) is 2.70. The summed E-state index contributed by atoms with van der Waals surface area (Å²) in [6.07, 6.45) is 5.64. The lowest BCUT2D eigenvalue weighted by molar-refractivity contribution is 0.171. The molecule has 1 atom stereocenters. The Labute approximate surface area is 182 Å². The van der Waals surface area contributed by atoms with E-state index in [2.05, 4.69) is 20.3 Å². The Bertz CT molecular complexity index is 1020. The van der Waals surface area contributed by atoms with E-state index in [1.54, 1.807) is 57.0 Å². The van der Waals surface area contributed by atoms with Gasteiger partial charge in [-0.05, 0) is 24.3 Å². The molecule has 3 aromatic rings. The summed E-state index contributed by atoms with van der Waals surface area (Å²) in [5, 5.41) is 4.19. The molecule has 0 aliphatic rings. The fraction of sp³-hybridized carbons (Fsp3) is 0.158. The summed E-state index contributed by atoms with van der Waals surface area (Å²) < 4.78 is 5.52. The molecule has 1 N–H and O–H groups in total. The van der Waals surface area contributed by atoms with Gasteiger partial charge < -0.3 is 15.0 Å². The van der Waals surface area contributed by atoms with Gasteiger partial charge >= 0.3 is 6.09 Å². The second-order valence-corrected chi connectivity index (χ2v) is 7.34. The molecule has 0 aliphatic carbocycles. The zero-order valence-electron chi connectivity index (χ0n) is 15.4. The van der Waals surface area contributed by atoms with Crippen molar-refractivity contribution >= 4 is 46.8 Å². The van der Waals surface area contributed by atoms with Gasteiger partial charge in [0, 0.05) is 55.0 Å². The van der Waals surface area contributed by atoms with E-state index in [4.69, 9.17) is 39.5 Å². The molecular weight excluding hydrogens is 437 g/mol. The largest absolute Gasteiger partial charge is 0.414 e. The number of hydrogen-bond donors (Lipinski definition) is 1. The van der Waals surface area contributed by atoms with Crippen molar-refractivity contribution in [2.75, 3.05) is 19.4 Å². The summed E-state index contributed by atoms with van der Waals surface area (Å²) in [5.41, 5.74) is 1.07. The lowest BCUT2D eigenvalue weighted by Gasteiger charge is -2.23. The van der Waals surface area contributed by atoms with Crippen LogP contribution in [0.3, 0.4) is 0 Å². The van der Waals surface area contributed by atoms with Gasteiger partial charge in [-0.2, -0.15) is 0 Å². The van der Waals surface area contributed by atoms with Crippen LogP contribution in [0, 0.1) is 0 Å². The molecule has 10 heteroatoms. The minimum atomic E-state index is -0.653. The molecule has 2 heterocycles. The third-order valence-corrected chi connectivity index (χ3v) is 4.90. The van der Waals surface area contributed by atoms with E-state index in [-0.39, 0.29) is 10.8 Å². The number of carbonyl (C=O) groups is 1. The summed E-state index contributed by atoms with van der Waals surface area (Å²) >= 11 is 18.9. The quantitative estimate of drug-likeness (QED) is 0.580. The van der Waals surface area contributed by atoms with Gasteiger partial charge in [-0.1, -0.05) is 34.8 Å². The molecule has 1 amide bonds. The second kappa shape index (κ2) is 9.26. The summed E-state index contributed by atoms with van der Waals surface area (Å²) in [7, 11) is 3.17. The summed E-state index contributed by atoms with van der Waals surface area (Å²) in [6.45, 7) is 0. The van der Waals surface area contributed by atoms with Gasteiger partial charge in [0.25, 0.3) is 0 Å². The van der Waals surface area contributed by atoms with Crippen LogP contribution in [0.2, 0.25) is 15.1 Å². The Morgan fingerprint density at radius 2 is 1.83 bits per heavy atom. The van der Waals surface area contributed by atoms with E-state index in [9.17, 15) is 4.79 Å². The Kier molecular flexibility index (Phi) is 6.74. The zero-order valence-corrected chi connectivity index (χ0v) is 17.7. The van der Waals surface area contributed by atoms with Crippen LogP contribution in [0.4, 0.5) is 10.7 Å². The highest BCUT2D eigenvalue weighted by Gasteiger charge is 2.25. The number of amides is 1. The average molecular weight is 453 g/mol. The van der Waals surface area contributed by atoms with E-state index in [1.807, 2.05) is 0 Å². The van der Waals surface area contributed by atoms with Gasteiger partial charge in [-0.15, -0.1) is 0 Å². The van der Waals surface area contributed by atoms with Crippen molar-refractivity contribution in [1.82, 2.24) is 19.9 Å². The van der Waals surface area contributed by atoms with Gasteiger partial charge in [0.05, 0.1) is 16.1 Å². The smallest absolute Gasteiger partial charge is 0.410 e.